The van der Waals surface area contributed by atoms with Crippen LogP contribution in [0.4, 0.5) is 0 Å². The van der Waals surface area contributed by atoms with Crippen LogP contribution in [0, 0.1) is 0 Å². The van der Waals surface area contributed by atoms with E-state index < -0.39 is 21.5 Å². The van der Waals surface area contributed by atoms with E-state index in [1.54, 1.807) is 0 Å². The van der Waals surface area contributed by atoms with E-state index in [-0.39, 0.29) is 0 Å². The third-order valence-corrected chi connectivity index (χ3v) is 4.48. The van der Waals surface area contributed by atoms with Crippen molar-refractivity contribution in [3.05, 3.63) is 35.9 Å². The molecule has 0 N–H and O–H groups in total. The van der Waals surface area contributed by atoms with Gasteiger partial charge in [0.15, 0.2) is 0 Å². The zero-order valence-electron chi connectivity index (χ0n) is 12.0. The first-order chi connectivity index (χ1) is 9.38. The molecular weight excluding hydrogens is 343 g/mol. The molecule has 0 saturated heterocycles. The SMILES string of the molecule is CCCCCCCCC(C[O][SnH]=[O])c1ccccc1. The minimum atomic E-state index is -1.93. The molecule has 0 aliphatic carbocycles. The third-order valence-electron chi connectivity index (χ3n) is 3.54. The Morgan fingerprint density at radius 3 is 2.42 bits per heavy atom. The van der Waals surface area contributed by atoms with E-state index >= 15 is 0 Å². The van der Waals surface area contributed by atoms with Crippen LogP contribution in [0.1, 0.15) is 63.4 Å². The van der Waals surface area contributed by atoms with Gasteiger partial charge in [-0.3, -0.25) is 0 Å². The van der Waals surface area contributed by atoms with Gasteiger partial charge in [-0.1, -0.05) is 0 Å². The topological polar surface area (TPSA) is 26.3 Å². The zero-order chi connectivity index (χ0) is 13.8. The van der Waals surface area contributed by atoms with Gasteiger partial charge in [-0.05, 0) is 0 Å². The third kappa shape index (κ3) is 7.83. The Balaban J connectivity index is 2.32. The van der Waals surface area contributed by atoms with Crippen molar-refractivity contribution in [2.45, 2.75) is 57.8 Å². The van der Waals surface area contributed by atoms with Crippen molar-refractivity contribution in [1.82, 2.24) is 0 Å². The summed E-state index contributed by atoms with van der Waals surface area (Å²) in [5.41, 5.74) is 1.33. The van der Waals surface area contributed by atoms with Crippen molar-refractivity contribution in [1.29, 1.82) is 0 Å². The number of hydrogen-bond acceptors (Lipinski definition) is 2. The van der Waals surface area contributed by atoms with Crippen LogP contribution in [0.2, 0.25) is 0 Å². The first kappa shape index (κ1) is 16.8. The summed E-state index contributed by atoms with van der Waals surface area (Å²) in [6.07, 6.45) is 9.07. The molecule has 19 heavy (non-hydrogen) atoms. The van der Waals surface area contributed by atoms with Gasteiger partial charge in [0, 0.05) is 0 Å². The molecule has 0 aliphatic rings. The van der Waals surface area contributed by atoms with Gasteiger partial charge in [0.25, 0.3) is 0 Å². The second-order valence-electron chi connectivity index (χ2n) is 5.09. The molecule has 0 heterocycles. The van der Waals surface area contributed by atoms with Crippen LogP contribution < -0.4 is 0 Å². The van der Waals surface area contributed by atoms with Gasteiger partial charge in [-0.15, -0.1) is 0 Å². The summed E-state index contributed by atoms with van der Waals surface area (Å²) in [7, 11) is 0. The molecule has 0 saturated carbocycles. The van der Waals surface area contributed by atoms with E-state index in [4.69, 9.17) is 3.07 Å². The molecule has 1 unspecified atom stereocenters. The predicted octanol–water partition coefficient (Wildman–Crippen LogP) is 4.23. The fraction of sp³-hybridized carbons (Fsp3) is 0.625. The number of unbranched alkanes of at least 4 members (excludes halogenated alkanes) is 5. The van der Waals surface area contributed by atoms with Gasteiger partial charge in [-0.25, -0.2) is 0 Å². The van der Waals surface area contributed by atoms with Crippen LogP contribution in [0.25, 0.3) is 0 Å². The monoisotopic (exact) mass is 370 g/mol. The van der Waals surface area contributed by atoms with Gasteiger partial charge >= 0.3 is 128 Å². The van der Waals surface area contributed by atoms with Gasteiger partial charge in [0.05, 0.1) is 0 Å². The normalized spacial score (nSPS) is 12.3. The summed E-state index contributed by atoms with van der Waals surface area (Å²) in [6, 6.07) is 10.5. The molecule has 0 bridgehead atoms. The average Bonchev–Trinajstić information content (AvgIpc) is 2.46. The predicted molar refractivity (Wildman–Crippen MR) is 81.0 cm³/mol. The second-order valence-corrected chi connectivity index (χ2v) is 6.59. The van der Waals surface area contributed by atoms with Gasteiger partial charge in [0.1, 0.15) is 0 Å². The Morgan fingerprint density at radius 1 is 1.05 bits per heavy atom. The van der Waals surface area contributed by atoms with Gasteiger partial charge in [-0.2, -0.15) is 0 Å². The van der Waals surface area contributed by atoms with Gasteiger partial charge < -0.3 is 0 Å². The maximum atomic E-state index is 10.7. The average molecular weight is 369 g/mol. The van der Waals surface area contributed by atoms with E-state index in [9.17, 15) is 3.08 Å². The molecule has 1 aromatic rings. The fourth-order valence-corrected chi connectivity index (χ4v) is 3.29. The Labute approximate surface area is 128 Å². The van der Waals surface area contributed by atoms with Crippen molar-refractivity contribution >= 4 is 21.5 Å². The van der Waals surface area contributed by atoms with Crippen LogP contribution >= 0.6 is 0 Å². The summed E-state index contributed by atoms with van der Waals surface area (Å²) in [6.45, 7) is 2.89. The van der Waals surface area contributed by atoms with Crippen LogP contribution in [0.3, 0.4) is 0 Å². The fourth-order valence-electron chi connectivity index (χ4n) is 2.40. The molecule has 3 heteroatoms. The van der Waals surface area contributed by atoms with Crippen molar-refractivity contribution in [2.24, 2.45) is 0 Å². The molecule has 106 valence electrons. The Morgan fingerprint density at radius 2 is 1.74 bits per heavy atom. The van der Waals surface area contributed by atoms with E-state index in [1.165, 1.54) is 44.1 Å². The van der Waals surface area contributed by atoms with E-state index in [0.29, 0.717) is 12.5 Å². The minimum absolute atomic E-state index is 0.424. The molecule has 0 aliphatic heterocycles. The van der Waals surface area contributed by atoms with Crippen molar-refractivity contribution in [2.75, 3.05) is 6.61 Å². The molecule has 0 fully saturated rings. The number of hydrogen-bond donors (Lipinski definition) is 0. The Hall–Kier alpha value is -0.221. The van der Waals surface area contributed by atoms with Crippen LogP contribution in [-0.2, 0) is 6.15 Å². The number of rotatable bonds is 11. The molecule has 1 aromatic carbocycles. The Kier molecular flexibility index (Phi) is 10.3. The standard InChI is InChI=1S/C16H25O.O.Sn.H/c1-2-3-4-5-6-8-13-16(14-17)15-11-9-7-10-12-15;;;/h7,9-12,16H,2-6,8,13-14H2,1H3;;;/q-1;;+1;. The van der Waals surface area contributed by atoms with Crippen LogP contribution in [0.5, 0.6) is 0 Å². The number of benzene rings is 1. The molecule has 0 spiro atoms. The van der Waals surface area contributed by atoms with Crippen molar-refractivity contribution < 1.29 is 6.15 Å². The Bertz CT molecular complexity index is 327. The van der Waals surface area contributed by atoms with E-state index in [2.05, 4.69) is 31.2 Å². The van der Waals surface area contributed by atoms with Gasteiger partial charge in [0.2, 0.25) is 0 Å². The molecule has 0 radical (unpaired) electrons. The van der Waals surface area contributed by atoms with E-state index in [1.807, 2.05) is 6.07 Å². The molecule has 0 aromatic heterocycles. The summed E-state index contributed by atoms with van der Waals surface area (Å²) >= 11 is -1.93. The molecular formula is C16H26O2Sn. The summed E-state index contributed by atoms with van der Waals surface area (Å²) < 4.78 is 16.0. The van der Waals surface area contributed by atoms with E-state index in [0.717, 1.165) is 6.42 Å². The summed E-state index contributed by atoms with van der Waals surface area (Å²) in [5, 5.41) is 0. The molecule has 1 rings (SSSR count). The first-order valence-electron chi connectivity index (χ1n) is 7.48. The maximum absolute atomic E-state index is 10.7. The zero-order valence-corrected chi connectivity index (χ0v) is 15.3. The van der Waals surface area contributed by atoms with Crippen molar-refractivity contribution in [3.8, 4) is 0 Å². The van der Waals surface area contributed by atoms with Crippen LogP contribution in [0.15, 0.2) is 30.3 Å². The first-order valence-corrected chi connectivity index (χ1v) is 10.2. The summed E-state index contributed by atoms with van der Waals surface area (Å²) in [5.74, 6) is 0.424. The van der Waals surface area contributed by atoms with Crippen molar-refractivity contribution in [3.63, 3.8) is 0 Å². The second kappa shape index (κ2) is 11.6. The quantitative estimate of drug-likeness (QED) is 0.431. The summed E-state index contributed by atoms with van der Waals surface area (Å²) in [4.78, 5) is 0. The molecule has 0 amide bonds. The van der Waals surface area contributed by atoms with Crippen LogP contribution in [-0.4, -0.2) is 28.1 Å². The molecule has 2 nitrogen and oxygen atoms in total. The molecule has 1 atom stereocenters.